The molecule has 9 nitrogen and oxygen atoms in total. The van der Waals surface area contributed by atoms with E-state index >= 15 is 0 Å². The number of halogens is 1. The van der Waals surface area contributed by atoms with E-state index in [1.807, 2.05) is 48.7 Å². The molecule has 0 spiro atoms. The molecule has 2 aromatic heterocycles. The minimum atomic E-state index is -1.24. The number of carboxylic acids is 1. The third-order valence-corrected chi connectivity index (χ3v) is 6.36. The number of aliphatic hydroxyl groups excluding tert-OH is 2. The van der Waals surface area contributed by atoms with Crippen LogP contribution in [0.15, 0.2) is 79.1 Å². The maximum atomic E-state index is 14.0. The molecular formula is C31H31FN4O5. The molecule has 0 saturated heterocycles. The standard InChI is InChI=1S/C31H31FN4O5/c1-19(2)36-25(14-13-23(37)17-24(38)18-26(39)40)27(21-9-11-22(32)12-10-21)28(20-7-4-3-5-8-20)29(36)30(41)35-31-33-15-6-16-34-31/h3-16,19,23-24,37-38H,17-18H2,1-2H3,(H,39,40)(H,33,34,35,41)/t23?,24-/m0/s1. The van der Waals surface area contributed by atoms with Crippen molar-refractivity contribution >= 4 is 23.9 Å². The number of carboxylic acid groups (broad SMARTS) is 1. The number of nitrogens with zero attached hydrogens (tertiary/aromatic N) is 3. The summed E-state index contributed by atoms with van der Waals surface area (Å²) >= 11 is 0. The summed E-state index contributed by atoms with van der Waals surface area (Å²) in [4.78, 5) is 33.1. The third kappa shape index (κ3) is 7.10. The highest BCUT2D eigenvalue weighted by molar-refractivity contribution is 6.11. The Morgan fingerprint density at radius 1 is 0.951 bits per heavy atom. The predicted molar refractivity (Wildman–Crippen MR) is 154 cm³/mol. The molecule has 1 amide bonds. The van der Waals surface area contributed by atoms with Crippen molar-refractivity contribution in [3.63, 3.8) is 0 Å². The Morgan fingerprint density at radius 3 is 2.20 bits per heavy atom. The Bertz CT molecular complexity index is 1520. The number of rotatable bonds is 11. The molecule has 4 aromatic rings. The van der Waals surface area contributed by atoms with Crippen LogP contribution in [0.5, 0.6) is 0 Å². The first-order chi connectivity index (χ1) is 19.7. The van der Waals surface area contributed by atoms with Crippen molar-refractivity contribution in [2.45, 2.75) is 44.9 Å². The fraction of sp³-hybridized carbons (Fsp3) is 0.226. The summed E-state index contributed by atoms with van der Waals surface area (Å²) in [6.45, 7) is 3.81. The van der Waals surface area contributed by atoms with Crippen LogP contribution in [0.3, 0.4) is 0 Å². The molecule has 41 heavy (non-hydrogen) atoms. The van der Waals surface area contributed by atoms with Gasteiger partial charge in [-0.25, -0.2) is 14.4 Å². The van der Waals surface area contributed by atoms with Crippen LogP contribution in [-0.2, 0) is 4.79 Å². The van der Waals surface area contributed by atoms with Gasteiger partial charge in [0.15, 0.2) is 0 Å². The summed E-state index contributed by atoms with van der Waals surface area (Å²) in [5.41, 5.74) is 3.43. The van der Waals surface area contributed by atoms with Crippen molar-refractivity contribution in [1.82, 2.24) is 14.5 Å². The van der Waals surface area contributed by atoms with Crippen molar-refractivity contribution in [2.75, 3.05) is 5.32 Å². The summed E-state index contributed by atoms with van der Waals surface area (Å²) in [5, 5.41) is 32.4. The lowest BCUT2D eigenvalue weighted by Crippen LogP contribution is -2.21. The average Bonchev–Trinajstić information content (AvgIpc) is 3.28. The number of aliphatic carboxylic acids is 1. The molecule has 0 bridgehead atoms. The second kappa shape index (κ2) is 13.1. The highest BCUT2D eigenvalue weighted by Crippen LogP contribution is 2.42. The number of carbonyl (C=O) groups is 2. The summed E-state index contributed by atoms with van der Waals surface area (Å²) in [6, 6.07) is 16.6. The number of nitrogens with one attached hydrogen (secondary N) is 1. The monoisotopic (exact) mass is 558 g/mol. The van der Waals surface area contributed by atoms with Crippen molar-refractivity contribution in [1.29, 1.82) is 0 Å². The smallest absolute Gasteiger partial charge is 0.305 e. The largest absolute Gasteiger partial charge is 0.481 e. The number of amides is 1. The molecule has 0 saturated carbocycles. The highest BCUT2D eigenvalue weighted by atomic mass is 19.1. The van der Waals surface area contributed by atoms with E-state index < -0.39 is 36.3 Å². The van der Waals surface area contributed by atoms with Gasteiger partial charge < -0.3 is 19.9 Å². The Hall–Kier alpha value is -4.67. The number of benzene rings is 2. The van der Waals surface area contributed by atoms with E-state index in [2.05, 4.69) is 15.3 Å². The van der Waals surface area contributed by atoms with Gasteiger partial charge in [-0.3, -0.25) is 14.9 Å². The Labute approximate surface area is 236 Å². The minimum Gasteiger partial charge on any atom is -0.481 e. The molecule has 0 aliphatic carbocycles. The first-order valence-electron chi connectivity index (χ1n) is 13.1. The van der Waals surface area contributed by atoms with Crippen LogP contribution in [-0.4, -0.2) is 53.9 Å². The molecule has 2 heterocycles. The van der Waals surface area contributed by atoms with Crippen molar-refractivity contribution in [3.05, 3.63) is 96.3 Å². The number of anilines is 1. The van der Waals surface area contributed by atoms with Gasteiger partial charge >= 0.3 is 5.97 Å². The van der Waals surface area contributed by atoms with Gasteiger partial charge in [0, 0.05) is 41.7 Å². The number of hydrogen-bond acceptors (Lipinski definition) is 6. The fourth-order valence-electron chi connectivity index (χ4n) is 4.69. The molecule has 1 unspecified atom stereocenters. The molecule has 2 aromatic carbocycles. The SMILES string of the molecule is CC(C)n1c(C=CC(O)C[C@H](O)CC(=O)O)c(-c2ccc(F)cc2)c(-c2ccccc2)c1C(=O)Nc1ncccn1. The van der Waals surface area contributed by atoms with Gasteiger partial charge in [-0.05, 0) is 49.2 Å². The lowest BCUT2D eigenvalue weighted by molar-refractivity contribution is -0.139. The number of aromatic nitrogens is 3. The zero-order valence-electron chi connectivity index (χ0n) is 22.6. The molecule has 0 fully saturated rings. The van der Waals surface area contributed by atoms with Gasteiger partial charge in [0.1, 0.15) is 11.5 Å². The fourth-order valence-corrected chi connectivity index (χ4v) is 4.69. The maximum absolute atomic E-state index is 14.0. The van der Waals surface area contributed by atoms with E-state index in [-0.39, 0.29) is 18.4 Å². The Kier molecular flexibility index (Phi) is 9.38. The van der Waals surface area contributed by atoms with Crippen LogP contribution in [0.2, 0.25) is 0 Å². The summed E-state index contributed by atoms with van der Waals surface area (Å²) in [5.74, 6) is -1.94. The molecule has 2 atom stereocenters. The van der Waals surface area contributed by atoms with E-state index in [0.29, 0.717) is 28.1 Å². The second-order valence-corrected chi connectivity index (χ2v) is 9.76. The highest BCUT2D eigenvalue weighted by Gasteiger charge is 2.30. The topological polar surface area (TPSA) is 138 Å². The zero-order chi connectivity index (χ0) is 29.5. The van der Waals surface area contributed by atoms with Gasteiger partial charge in [-0.15, -0.1) is 0 Å². The van der Waals surface area contributed by atoms with E-state index in [9.17, 15) is 24.2 Å². The van der Waals surface area contributed by atoms with Crippen LogP contribution in [0.25, 0.3) is 28.3 Å². The van der Waals surface area contributed by atoms with Gasteiger partial charge in [0.05, 0.1) is 18.6 Å². The number of carbonyl (C=O) groups excluding carboxylic acids is 1. The second-order valence-electron chi connectivity index (χ2n) is 9.76. The minimum absolute atomic E-state index is 0.122. The maximum Gasteiger partial charge on any atom is 0.305 e. The normalized spacial score (nSPS) is 12.9. The van der Waals surface area contributed by atoms with E-state index in [1.165, 1.54) is 30.6 Å². The van der Waals surface area contributed by atoms with Gasteiger partial charge in [-0.2, -0.15) is 0 Å². The average molecular weight is 559 g/mol. The third-order valence-electron chi connectivity index (χ3n) is 6.36. The lowest BCUT2D eigenvalue weighted by Gasteiger charge is -2.17. The van der Waals surface area contributed by atoms with Crippen molar-refractivity contribution in [3.8, 4) is 22.3 Å². The van der Waals surface area contributed by atoms with Crippen LogP contribution in [0.1, 0.15) is 48.9 Å². The zero-order valence-corrected chi connectivity index (χ0v) is 22.6. The molecule has 0 radical (unpaired) electrons. The number of hydrogen-bond donors (Lipinski definition) is 4. The summed E-state index contributed by atoms with van der Waals surface area (Å²) in [7, 11) is 0. The van der Waals surface area contributed by atoms with Gasteiger partial charge in [0.2, 0.25) is 5.95 Å². The van der Waals surface area contributed by atoms with E-state index in [4.69, 9.17) is 5.11 Å². The van der Waals surface area contributed by atoms with Crippen LogP contribution in [0.4, 0.5) is 10.3 Å². The molecule has 10 heteroatoms. The molecule has 212 valence electrons. The Morgan fingerprint density at radius 2 is 1.59 bits per heavy atom. The molecular weight excluding hydrogens is 527 g/mol. The predicted octanol–water partition coefficient (Wildman–Crippen LogP) is 5.18. The van der Waals surface area contributed by atoms with E-state index in [0.717, 1.165) is 5.56 Å². The number of aliphatic hydroxyl groups is 2. The quantitative estimate of drug-likeness (QED) is 0.199. The van der Waals surface area contributed by atoms with Crippen LogP contribution >= 0.6 is 0 Å². The van der Waals surface area contributed by atoms with E-state index in [1.54, 1.807) is 24.3 Å². The van der Waals surface area contributed by atoms with Crippen molar-refractivity contribution < 1.29 is 29.3 Å². The van der Waals surface area contributed by atoms with Crippen LogP contribution < -0.4 is 5.32 Å². The molecule has 0 aliphatic heterocycles. The first-order valence-corrected chi connectivity index (χ1v) is 13.1. The summed E-state index contributed by atoms with van der Waals surface area (Å²) < 4.78 is 15.8. The molecule has 4 rings (SSSR count). The van der Waals surface area contributed by atoms with Gasteiger partial charge in [-0.1, -0.05) is 48.5 Å². The van der Waals surface area contributed by atoms with Crippen molar-refractivity contribution in [2.24, 2.45) is 0 Å². The lowest BCUT2D eigenvalue weighted by atomic mass is 9.94. The summed E-state index contributed by atoms with van der Waals surface area (Å²) in [6.07, 6.45) is 3.01. The van der Waals surface area contributed by atoms with Crippen LogP contribution in [0, 0.1) is 5.82 Å². The first kappa shape index (κ1) is 29.3. The molecule has 4 N–H and O–H groups in total. The Balaban J connectivity index is 1.96. The molecule has 0 aliphatic rings. The van der Waals surface area contributed by atoms with Gasteiger partial charge in [0.25, 0.3) is 5.91 Å².